The Labute approximate surface area is 169 Å². The monoisotopic (exact) mass is 383 g/mol. The number of fused-ring (bicyclic) bond motifs is 1. The summed E-state index contributed by atoms with van der Waals surface area (Å²) in [6, 6.07) is 23.5. The summed E-state index contributed by atoms with van der Waals surface area (Å²) >= 11 is 0. The minimum Gasteiger partial charge on any atom is -0.467 e. The lowest BCUT2D eigenvalue weighted by molar-refractivity contribution is -0.141. The average Bonchev–Trinajstić information content (AvgIpc) is 3.38. The molecule has 0 N–H and O–H groups in total. The Kier molecular flexibility index (Phi) is 4.39. The van der Waals surface area contributed by atoms with E-state index < -0.39 is 11.8 Å². The van der Waals surface area contributed by atoms with Crippen LogP contribution in [0.3, 0.4) is 0 Å². The molecule has 0 unspecified atom stereocenters. The van der Waals surface area contributed by atoms with Gasteiger partial charge in [0.1, 0.15) is 5.76 Å². The molecule has 1 fully saturated rings. The van der Waals surface area contributed by atoms with Gasteiger partial charge in [0.15, 0.2) is 0 Å². The Morgan fingerprint density at radius 2 is 1.21 bits per heavy atom. The van der Waals surface area contributed by atoms with Crippen molar-refractivity contribution >= 4 is 11.8 Å². The van der Waals surface area contributed by atoms with Crippen LogP contribution in [0.25, 0.3) is 0 Å². The highest BCUT2D eigenvalue weighted by Gasteiger charge is 2.55. The fourth-order valence-corrected chi connectivity index (χ4v) is 4.71. The molecule has 3 aromatic rings. The van der Waals surface area contributed by atoms with Crippen LogP contribution in [0.5, 0.6) is 0 Å². The van der Waals surface area contributed by atoms with Crippen LogP contribution in [-0.2, 0) is 16.1 Å². The maximum Gasteiger partial charge on any atom is 0.234 e. The summed E-state index contributed by atoms with van der Waals surface area (Å²) < 4.78 is 5.41. The van der Waals surface area contributed by atoms with Crippen molar-refractivity contribution in [1.82, 2.24) is 4.90 Å². The predicted octanol–water partition coefficient (Wildman–Crippen LogP) is 4.52. The van der Waals surface area contributed by atoms with Gasteiger partial charge >= 0.3 is 0 Å². The van der Waals surface area contributed by atoms with E-state index in [1.54, 1.807) is 18.4 Å². The number of carbonyl (C=O) groups is 2. The zero-order valence-electron chi connectivity index (χ0n) is 15.8. The number of amides is 2. The molecule has 1 saturated heterocycles. The number of imide groups is 1. The van der Waals surface area contributed by atoms with E-state index in [-0.39, 0.29) is 30.2 Å². The third-order valence-electron chi connectivity index (χ3n) is 6.05. The Bertz CT molecular complexity index is 973. The summed E-state index contributed by atoms with van der Waals surface area (Å²) in [6.07, 6.45) is 5.78. The quantitative estimate of drug-likeness (QED) is 0.492. The van der Waals surface area contributed by atoms with Crippen molar-refractivity contribution in [2.75, 3.05) is 0 Å². The fourth-order valence-electron chi connectivity index (χ4n) is 4.71. The molecule has 4 heteroatoms. The van der Waals surface area contributed by atoms with Crippen LogP contribution in [0, 0.1) is 11.8 Å². The molecule has 5 rings (SSSR count). The number of likely N-dealkylation sites (tertiary alicyclic amines) is 1. The van der Waals surface area contributed by atoms with Crippen LogP contribution in [0.15, 0.2) is 95.6 Å². The lowest BCUT2D eigenvalue weighted by Gasteiger charge is -2.32. The largest absolute Gasteiger partial charge is 0.467 e. The molecule has 2 aliphatic rings. The summed E-state index contributed by atoms with van der Waals surface area (Å²) in [5.74, 6) is -0.652. The van der Waals surface area contributed by atoms with Crippen LogP contribution in [0.2, 0.25) is 0 Å². The molecule has 2 amide bonds. The van der Waals surface area contributed by atoms with Gasteiger partial charge in [0.2, 0.25) is 11.8 Å². The van der Waals surface area contributed by atoms with Gasteiger partial charge in [-0.05, 0) is 23.3 Å². The summed E-state index contributed by atoms with van der Waals surface area (Å²) in [6.45, 7) is 0.181. The number of carbonyl (C=O) groups excluding carboxylic acids is 2. The number of allylic oxidation sites excluding steroid dienone is 2. The van der Waals surface area contributed by atoms with Gasteiger partial charge in [-0.1, -0.05) is 72.8 Å². The summed E-state index contributed by atoms with van der Waals surface area (Å²) in [5, 5.41) is 0. The van der Waals surface area contributed by atoms with E-state index >= 15 is 0 Å². The molecule has 2 aromatic carbocycles. The van der Waals surface area contributed by atoms with Crippen molar-refractivity contribution in [2.24, 2.45) is 11.8 Å². The van der Waals surface area contributed by atoms with Crippen molar-refractivity contribution in [3.63, 3.8) is 0 Å². The van der Waals surface area contributed by atoms with Gasteiger partial charge in [-0.15, -0.1) is 0 Å². The third kappa shape index (κ3) is 3.01. The first-order valence-corrected chi connectivity index (χ1v) is 9.90. The Morgan fingerprint density at radius 3 is 1.66 bits per heavy atom. The highest BCUT2D eigenvalue weighted by molar-refractivity contribution is 6.06. The van der Waals surface area contributed by atoms with Crippen molar-refractivity contribution < 1.29 is 14.0 Å². The van der Waals surface area contributed by atoms with E-state index in [2.05, 4.69) is 12.2 Å². The van der Waals surface area contributed by atoms with E-state index in [0.29, 0.717) is 5.76 Å². The molecular weight excluding hydrogens is 362 g/mol. The SMILES string of the molecule is O=C1[C@H]2[C@H](C(=O)N1Cc1ccco1)[C@H](c1ccccc1)C=C[C@H]2c1ccccc1. The number of nitrogens with zero attached hydrogens (tertiary/aromatic N) is 1. The molecular formula is C25H21NO3. The Hall–Kier alpha value is -3.40. The average molecular weight is 383 g/mol. The number of hydrogen-bond donors (Lipinski definition) is 0. The van der Waals surface area contributed by atoms with Gasteiger partial charge in [-0.2, -0.15) is 0 Å². The number of hydrogen-bond acceptors (Lipinski definition) is 3. The third-order valence-corrected chi connectivity index (χ3v) is 6.05. The molecule has 2 heterocycles. The van der Waals surface area contributed by atoms with Crippen LogP contribution in [0.4, 0.5) is 0 Å². The van der Waals surface area contributed by atoms with E-state index in [4.69, 9.17) is 4.42 Å². The Morgan fingerprint density at radius 1 is 0.690 bits per heavy atom. The summed E-state index contributed by atoms with van der Waals surface area (Å²) in [5.41, 5.74) is 2.12. The van der Waals surface area contributed by atoms with E-state index in [9.17, 15) is 9.59 Å². The normalized spacial score (nSPS) is 26.0. The van der Waals surface area contributed by atoms with Gasteiger partial charge in [0.05, 0.1) is 24.6 Å². The maximum absolute atomic E-state index is 13.5. The Balaban J connectivity index is 1.57. The number of furan rings is 1. The number of rotatable bonds is 4. The highest BCUT2D eigenvalue weighted by Crippen LogP contribution is 2.49. The van der Waals surface area contributed by atoms with Crippen molar-refractivity contribution in [3.05, 3.63) is 108 Å². The molecule has 0 bridgehead atoms. The molecule has 0 saturated carbocycles. The van der Waals surface area contributed by atoms with Crippen molar-refractivity contribution in [3.8, 4) is 0 Å². The standard InChI is InChI=1S/C25H21NO3/c27-24-22-20(17-8-3-1-4-9-17)13-14-21(18-10-5-2-6-11-18)23(22)25(28)26(24)16-19-12-7-15-29-19/h1-15,20-23H,16H2/t20-,21-,22+,23+/m0/s1. The fraction of sp³-hybridized carbons (Fsp3) is 0.200. The summed E-state index contributed by atoms with van der Waals surface area (Å²) in [7, 11) is 0. The molecule has 4 atom stereocenters. The molecule has 0 spiro atoms. The minimum absolute atomic E-state index is 0.112. The topological polar surface area (TPSA) is 50.5 Å². The smallest absolute Gasteiger partial charge is 0.234 e. The first-order valence-electron chi connectivity index (χ1n) is 9.90. The zero-order chi connectivity index (χ0) is 19.8. The van der Waals surface area contributed by atoms with Gasteiger partial charge in [0, 0.05) is 11.8 Å². The van der Waals surface area contributed by atoms with Crippen LogP contribution < -0.4 is 0 Å². The van der Waals surface area contributed by atoms with Gasteiger partial charge in [0.25, 0.3) is 0 Å². The first kappa shape index (κ1) is 17.7. The first-order chi connectivity index (χ1) is 14.2. The van der Waals surface area contributed by atoms with Gasteiger partial charge in [-0.3, -0.25) is 14.5 Å². The minimum atomic E-state index is -0.407. The van der Waals surface area contributed by atoms with Gasteiger partial charge < -0.3 is 4.42 Å². The van der Waals surface area contributed by atoms with Crippen LogP contribution in [-0.4, -0.2) is 16.7 Å². The molecule has 29 heavy (non-hydrogen) atoms. The van der Waals surface area contributed by atoms with Crippen LogP contribution in [0.1, 0.15) is 28.7 Å². The lowest BCUT2D eigenvalue weighted by Crippen LogP contribution is -2.31. The second-order valence-corrected chi connectivity index (χ2v) is 7.65. The second kappa shape index (κ2) is 7.21. The maximum atomic E-state index is 13.5. The van der Waals surface area contributed by atoms with Crippen molar-refractivity contribution in [2.45, 2.75) is 18.4 Å². The molecule has 1 aliphatic heterocycles. The highest BCUT2D eigenvalue weighted by atomic mass is 16.3. The number of benzene rings is 2. The van der Waals surface area contributed by atoms with E-state index in [0.717, 1.165) is 11.1 Å². The summed E-state index contributed by atoms with van der Waals surface area (Å²) in [4.78, 5) is 28.3. The second-order valence-electron chi connectivity index (χ2n) is 7.65. The molecule has 1 aromatic heterocycles. The van der Waals surface area contributed by atoms with Crippen LogP contribution >= 0.6 is 0 Å². The molecule has 0 radical (unpaired) electrons. The zero-order valence-corrected chi connectivity index (χ0v) is 15.8. The molecule has 144 valence electrons. The van der Waals surface area contributed by atoms with Crippen molar-refractivity contribution in [1.29, 1.82) is 0 Å². The lowest BCUT2D eigenvalue weighted by atomic mass is 9.68. The molecule has 1 aliphatic carbocycles. The van der Waals surface area contributed by atoms with Gasteiger partial charge in [-0.25, -0.2) is 0 Å². The predicted molar refractivity (Wildman–Crippen MR) is 109 cm³/mol. The van der Waals surface area contributed by atoms with E-state index in [1.807, 2.05) is 60.7 Å². The van der Waals surface area contributed by atoms with E-state index in [1.165, 1.54) is 4.90 Å². The molecule has 4 nitrogen and oxygen atoms in total.